The zero-order valence-corrected chi connectivity index (χ0v) is 15.9. The molecule has 0 radical (unpaired) electrons. The molecule has 2 N–H and O–H groups in total. The maximum Gasteiger partial charge on any atom is 0.322 e. The molecule has 6 nitrogen and oxygen atoms in total. The van der Waals surface area contributed by atoms with Crippen molar-refractivity contribution in [3.63, 3.8) is 0 Å². The number of carbonyl (C=O) groups excluding carboxylic acids is 1. The molecule has 140 valence electrons. The lowest BCUT2D eigenvalue weighted by atomic mass is 10.1. The fourth-order valence-electron chi connectivity index (χ4n) is 2.62. The fourth-order valence-corrected chi connectivity index (χ4v) is 2.98. The number of nitrogens with zero attached hydrogens (tertiary/aromatic N) is 2. The van der Waals surface area contributed by atoms with Gasteiger partial charge in [0.05, 0.1) is 22.1 Å². The normalized spacial score (nSPS) is 12.0. The van der Waals surface area contributed by atoms with Crippen molar-refractivity contribution in [1.29, 1.82) is 0 Å². The number of amides is 2. The highest BCUT2D eigenvalue weighted by atomic mass is 35.5. The number of hydrogen-bond acceptors (Lipinski definition) is 3. The topological polar surface area (TPSA) is 78.1 Å². The quantitative estimate of drug-likeness (QED) is 0.664. The Kier molecular flexibility index (Phi) is 5.34. The molecule has 1 aromatic heterocycles. The maximum absolute atomic E-state index is 13.3. The third-order valence-electron chi connectivity index (χ3n) is 4.25. The number of aromatic amines is 1. The van der Waals surface area contributed by atoms with Crippen molar-refractivity contribution in [1.82, 2.24) is 15.1 Å². The number of halogens is 3. The van der Waals surface area contributed by atoms with Gasteiger partial charge in [-0.1, -0.05) is 29.3 Å². The van der Waals surface area contributed by atoms with Crippen LogP contribution in [0.5, 0.6) is 0 Å². The number of hydrogen-bond donors (Lipinski definition) is 2. The van der Waals surface area contributed by atoms with E-state index in [9.17, 15) is 14.0 Å². The van der Waals surface area contributed by atoms with Crippen molar-refractivity contribution in [3.8, 4) is 0 Å². The monoisotopic (exact) mass is 408 g/mol. The molecule has 3 aromatic rings. The standard InChI is InChI=1S/C18H15Cl2FN4O2/c1-9(16-12-5-3-10(19)7-13(12)17(26)24-23-16)25(2)18(27)22-11-4-6-15(21)14(20)8-11/h3-9H,1-2H3,(H,22,27)(H,24,26)/t9-/m1/s1. The van der Waals surface area contributed by atoms with Gasteiger partial charge in [-0.3, -0.25) is 4.79 Å². The summed E-state index contributed by atoms with van der Waals surface area (Å²) in [5.41, 5.74) is 0.504. The van der Waals surface area contributed by atoms with Gasteiger partial charge < -0.3 is 10.2 Å². The van der Waals surface area contributed by atoms with Gasteiger partial charge in [0.1, 0.15) is 5.82 Å². The lowest BCUT2D eigenvalue weighted by molar-refractivity contribution is 0.207. The molecule has 0 aliphatic carbocycles. The second kappa shape index (κ2) is 7.54. The molecule has 0 aliphatic rings. The van der Waals surface area contributed by atoms with Crippen molar-refractivity contribution in [3.05, 3.63) is 68.3 Å². The first-order valence-electron chi connectivity index (χ1n) is 7.94. The minimum absolute atomic E-state index is 0.0892. The van der Waals surface area contributed by atoms with E-state index < -0.39 is 17.9 Å². The third-order valence-corrected chi connectivity index (χ3v) is 4.77. The summed E-state index contributed by atoms with van der Waals surface area (Å²) >= 11 is 11.7. The second-order valence-corrected chi connectivity index (χ2v) is 6.82. The summed E-state index contributed by atoms with van der Waals surface area (Å²) in [5.74, 6) is -0.570. The van der Waals surface area contributed by atoms with Gasteiger partial charge in [-0.25, -0.2) is 14.3 Å². The molecular formula is C18H15Cl2FN4O2. The number of rotatable bonds is 3. The van der Waals surface area contributed by atoms with Crippen LogP contribution in [-0.2, 0) is 0 Å². The summed E-state index contributed by atoms with van der Waals surface area (Å²) in [6.45, 7) is 1.77. The summed E-state index contributed by atoms with van der Waals surface area (Å²) in [6.07, 6.45) is 0. The van der Waals surface area contributed by atoms with E-state index >= 15 is 0 Å². The van der Waals surface area contributed by atoms with Crippen LogP contribution in [0, 0.1) is 5.82 Å². The Balaban J connectivity index is 1.88. The summed E-state index contributed by atoms with van der Waals surface area (Å²) in [7, 11) is 1.58. The minimum atomic E-state index is -0.570. The van der Waals surface area contributed by atoms with Crippen LogP contribution in [-0.4, -0.2) is 28.2 Å². The van der Waals surface area contributed by atoms with E-state index in [0.29, 0.717) is 27.2 Å². The lowest BCUT2D eigenvalue weighted by Crippen LogP contribution is -2.34. The van der Waals surface area contributed by atoms with Crippen LogP contribution in [0.1, 0.15) is 18.7 Å². The smallest absolute Gasteiger partial charge is 0.319 e. The molecule has 3 rings (SSSR count). The van der Waals surface area contributed by atoms with E-state index in [4.69, 9.17) is 23.2 Å². The molecule has 1 atom stereocenters. The van der Waals surface area contributed by atoms with Gasteiger partial charge in [-0.15, -0.1) is 0 Å². The predicted octanol–water partition coefficient (Wildman–Crippen LogP) is 4.59. The van der Waals surface area contributed by atoms with E-state index in [0.717, 1.165) is 0 Å². The Bertz CT molecular complexity index is 1090. The van der Waals surface area contributed by atoms with Crippen molar-refractivity contribution in [2.75, 3.05) is 12.4 Å². The number of H-pyrrole nitrogens is 1. The molecule has 0 bridgehead atoms. The molecule has 0 saturated heterocycles. The molecule has 1 heterocycles. The Morgan fingerprint density at radius 2 is 1.96 bits per heavy atom. The van der Waals surface area contributed by atoms with E-state index in [1.165, 1.54) is 23.1 Å². The Morgan fingerprint density at radius 1 is 1.22 bits per heavy atom. The van der Waals surface area contributed by atoms with Crippen molar-refractivity contribution in [2.24, 2.45) is 0 Å². The molecule has 0 spiro atoms. The predicted molar refractivity (Wildman–Crippen MR) is 104 cm³/mol. The summed E-state index contributed by atoms with van der Waals surface area (Å²) in [6, 6.07) is 7.88. The SMILES string of the molecule is C[C@H](c1n[nH]c(=O)c2cc(Cl)ccc12)N(C)C(=O)Nc1ccc(F)c(Cl)c1. The minimum Gasteiger partial charge on any atom is -0.319 e. The molecule has 2 aromatic carbocycles. The Morgan fingerprint density at radius 3 is 2.67 bits per heavy atom. The first-order valence-corrected chi connectivity index (χ1v) is 8.70. The van der Waals surface area contributed by atoms with Gasteiger partial charge in [-0.2, -0.15) is 5.10 Å². The Hall–Kier alpha value is -2.64. The number of fused-ring (bicyclic) bond motifs is 1. The number of urea groups is 1. The molecule has 0 unspecified atom stereocenters. The number of carbonyl (C=O) groups is 1. The highest BCUT2D eigenvalue weighted by molar-refractivity contribution is 6.31. The van der Waals surface area contributed by atoms with Gasteiger partial charge in [0.15, 0.2) is 0 Å². The molecule has 2 amide bonds. The zero-order chi connectivity index (χ0) is 19.7. The van der Waals surface area contributed by atoms with Crippen LogP contribution in [0.4, 0.5) is 14.9 Å². The summed E-state index contributed by atoms with van der Waals surface area (Å²) in [4.78, 5) is 25.9. The van der Waals surface area contributed by atoms with Crippen molar-refractivity contribution < 1.29 is 9.18 Å². The highest BCUT2D eigenvalue weighted by Gasteiger charge is 2.22. The van der Waals surface area contributed by atoms with E-state index in [-0.39, 0.29) is 10.6 Å². The van der Waals surface area contributed by atoms with Crippen LogP contribution in [0.15, 0.2) is 41.2 Å². The Labute approximate surface area is 163 Å². The summed E-state index contributed by atoms with van der Waals surface area (Å²) in [5, 5.41) is 10.5. The van der Waals surface area contributed by atoms with Gasteiger partial charge in [0.2, 0.25) is 0 Å². The largest absolute Gasteiger partial charge is 0.322 e. The van der Waals surface area contributed by atoms with E-state index in [1.54, 1.807) is 32.2 Å². The van der Waals surface area contributed by atoms with Crippen molar-refractivity contribution in [2.45, 2.75) is 13.0 Å². The molecule has 9 heteroatoms. The third kappa shape index (κ3) is 3.89. The number of nitrogens with one attached hydrogen (secondary N) is 2. The van der Waals surface area contributed by atoms with Crippen LogP contribution in [0.3, 0.4) is 0 Å². The average molecular weight is 409 g/mol. The summed E-state index contributed by atoms with van der Waals surface area (Å²) < 4.78 is 13.3. The van der Waals surface area contributed by atoms with Crippen LogP contribution in [0.25, 0.3) is 10.8 Å². The molecule has 0 aliphatic heterocycles. The van der Waals surface area contributed by atoms with Gasteiger partial charge in [0, 0.05) is 23.1 Å². The van der Waals surface area contributed by atoms with Crippen LogP contribution >= 0.6 is 23.2 Å². The second-order valence-electron chi connectivity index (χ2n) is 5.97. The zero-order valence-electron chi connectivity index (χ0n) is 14.4. The number of benzene rings is 2. The maximum atomic E-state index is 13.3. The first kappa shape index (κ1) is 19.1. The van der Waals surface area contributed by atoms with Gasteiger partial charge >= 0.3 is 6.03 Å². The highest BCUT2D eigenvalue weighted by Crippen LogP contribution is 2.26. The van der Waals surface area contributed by atoms with Gasteiger partial charge in [-0.05, 0) is 37.3 Å². The molecule has 27 heavy (non-hydrogen) atoms. The molecule has 0 saturated carbocycles. The first-order chi connectivity index (χ1) is 12.8. The van der Waals surface area contributed by atoms with E-state index in [2.05, 4.69) is 15.5 Å². The molecule has 0 fully saturated rings. The fraction of sp³-hybridized carbons (Fsp3) is 0.167. The molecular weight excluding hydrogens is 394 g/mol. The number of anilines is 1. The average Bonchev–Trinajstić information content (AvgIpc) is 2.64. The van der Waals surface area contributed by atoms with E-state index in [1.807, 2.05) is 0 Å². The van der Waals surface area contributed by atoms with Crippen molar-refractivity contribution >= 4 is 45.7 Å². The number of aromatic nitrogens is 2. The van der Waals surface area contributed by atoms with Crippen LogP contribution < -0.4 is 10.9 Å². The van der Waals surface area contributed by atoms with Crippen LogP contribution in [0.2, 0.25) is 10.0 Å². The lowest BCUT2D eigenvalue weighted by Gasteiger charge is -2.25. The van der Waals surface area contributed by atoms with Gasteiger partial charge in [0.25, 0.3) is 5.56 Å².